The predicted molar refractivity (Wildman–Crippen MR) is 103 cm³/mol. The summed E-state index contributed by atoms with van der Waals surface area (Å²) in [4.78, 5) is 28.4. The van der Waals surface area contributed by atoms with Crippen LogP contribution in [0.4, 0.5) is 14.9 Å². The number of benzene rings is 2. The van der Waals surface area contributed by atoms with Crippen LogP contribution in [0.5, 0.6) is 0 Å². The maximum absolute atomic E-state index is 13.1. The van der Waals surface area contributed by atoms with Gasteiger partial charge in [-0.05, 0) is 43.7 Å². The molecule has 1 N–H and O–H groups in total. The second-order valence-electron chi connectivity index (χ2n) is 7.04. The van der Waals surface area contributed by atoms with Crippen molar-refractivity contribution < 1.29 is 14.0 Å². The van der Waals surface area contributed by atoms with Gasteiger partial charge < -0.3 is 15.1 Å². The summed E-state index contributed by atoms with van der Waals surface area (Å²) in [6.07, 6.45) is 0.236. The minimum atomic E-state index is -0.344. The van der Waals surface area contributed by atoms with Crippen LogP contribution in [0.25, 0.3) is 0 Å². The lowest BCUT2D eigenvalue weighted by molar-refractivity contribution is -0.117. The number of nitrogens with zero attached hydrogens (tertiary/aromatic N) is 2. The van der Waals surface area contributed by atoms with E-state index >= 15 is 0 Å². The van der Waals surface area contributed by atoms with E-state index in [4.69, 9.17) is 0 Å². The SMILES string of the molecule is CC(C)N(Cc1ccccc1)C(=O)NC1CC(=O)N(c2ccc(F)cc2)C1. The van der Waals surface area contributed by atoms with Crippen molar-refractivity contribution in [1.29, 1.82) is 0 Å². The van der Waals surface area contributed by atoms with Crippen LogP contribution in [-0.2, 0) is 11.3 Å². The molecule has 1 heterocycles. The number of carbonyl (C=O) groups is 2. The molecule has 1 aliphatic rings. The van der Waals surface area contributed by atoms with Crippen molar-refractivity contribution in [3.05, 3.63) is 66.0 Å². The summed E-state index contributed by atoms with van der Waals surface area (Å²) >= 11 is 0. The molecule has 2 aromatic carbocycles. The summed E-state index contributed by atoms with van der Waals surface area (Å²) in [7, 11) is 0. The van der Waals surface area contributed by atoms with Crippen molar-refractivity contribution in [3.63, 3.8) is 0 Å². The van der Waals surface area contributed by atoms with Crippen LogP contribution in [0.2, 0.25) is 0 Å². The Morgan fingerprint density at radius 3 is 2.48 bits per heavy atom. The van der Waals surface area contributed by atoms with Crippen LogP contribution < -0.4 is 10.2 Å². The number of urea groups is 1. The molecule has 3 amide bonds. The maximum Gasteiger partial charge on any atom is 0.318 e. The number of nitrogens with one attached hydrogen (secondary N) is 1. The van der Waals surface area contributed by atoms with Crippen molar-refractivity contribution in [1.82, 2.24) is 10.2 Å². The number of hydrogen-bond donors (Lipinski definition) is 1. The van der Waals surface area contributed by atoms with E-state index in [1.165, 1.54) is 12.1 Å². The zero-order valence-corrected chi connectivity index (χ0v) is 15.6. The summed E-state index contributed by atoms with van der Waals surface area (Å²) in [5.41, 5.74) is 1.69. The van der Waals surface area contributed by atoms with E-state index in [0.29, 0.717) is 18.8 Å². The third kappa shape index (κ3) is 4.64. The van der Waals surface area contributed by atoms with Crippen LogP contribution in [0.15, 0.2) is 54.6 Å². The van der Waals surface area contributed by atoms with Gasteiger partial charge in [0.05, 0.1) is 6.04 Å². The first-order valence-corrected chi connectivity index (χ1v) is 9.11. The molecule has 142 valence electrons. The lowest BCUT2D eigenvalue weighted by Crippen LogP contribution is -2.48. The van der Waals surface area contributed by atoms with Crippen LogP contribution in [0.1, 0.15) is 25.8 Å². The van der Waals surface area contributed by atoms with E-state index in [1.807, 2.05) is 44.2 Å². The van der Waals surface area contributed by atoms with Crippen LogP contribution >= 0.6 is 0 Å². The number of rotatable bonds is 5. The van der Waals surface area contributed by atoms with Gasteiger partial charge in [-0.2, -0.15) is 0 Å². The molecule has 1 unspecified atom stereocenters. The van der Waals surface area contributed by atoms with Gasteiger partial charge in [0.1, 0.15) is 5.82 Å². The van der Waals surface area contributed by atoms with Gasteiger partial charge in [0.2, 0.25) is 5.91 Å². The molecule has 1 saturated heterocycles. The van der Waals surface area contributed by atoms with Crippen molar-refractivity contribution in [2.24, 2.45) is 0 Å². The van der Waals surface area contributed by atoms with Gasteiger partial charge >= 0.3 is 6.03 Å². The molecule has 0 spiro atoms. The van der Waals surface area contributed by atoms with Gasteiger partial charge in [0.15, 0.2) is 0 Å². The normalized spacial score (nSPS) is 16.7. The Morgan fingerprint density at radius 2 is 1.85 bits per heavy atom. The fraction of sp³-hybridized carbons (Fsp3) is 0.333. The van der Waals surface area contributed by atoms with Gasteiger partial charge in [-0.25, -0.2) is 9.18 Å². The van der Waals surface area contributed by atoms with E-state index in [-0.39, 0.29) is 36.3 Å². The molecule has 0 saturated carbocycles. The highest BCUT2D eigenvalue weighted by molar-refractivity contribution is 5.96. The molecule has 1 fully saturated rings. The summed E-state index contributed by atoms with van der Waals surface area (Å²) in [5.74, 6) is -0.421. The summed E-state index contributed by atoms with van der Waals surface area (Å²) in [5, 5.41) is 2.97. The molecular formula is C21H24FN3O2. The lowest BCUT2D eigenvalue weighted by atomic mass is 10.2. The van der Waals surface area contributed by atoms with Crippen LogP contribution in [-0.4, -0.2) is 35.5 Å². The molecule has 2 aromatic rings. The summed E-state index contributed by atoms with van der Waals surface area (Å²) in [6.45, 7) is 4.82. The third-order valence-electron chi connectivity index (χ3n) is 4.67. The minimum absolute atomic E-state index is 0.0236. The van der Waals surface area contributed by atoms with E-state index in [2.05, 4.69) is 5.32 Å². The zero-order valence-electron chi connectivity index (χ0n) is 15.6. The largest absolute Gasteiger partial charge is 0.333 e. The van der Waals surface area contributed by atoms with Gasteiger partial charge in [-0.1, -0.05) is 30.3 Å². The first-order chi connectivity index (χ1) is 12.9. The fourth-order valence-corrected chi connectivity index (χ4v) is 3.20. The second kappa shape index (κ2) is 8.20. The Hall–Kier alpha value is -2.89. The zero-order chi connectivity index (χ0) is 19.4. The van der Waals surface area contributed by atoms with Gasteiger partial charge in [0.25, 0.3) is 0 Å². The standard InChI is InChI=1S/C21H24FN3O2/c1-15(2)24(13-16-6-4-3-5-7-16)21(27)23-18-12-20(26)25(14-18)19-10-8-17(22)9-11-19/h3-11,15,18H,12-14H2,1-2H3,(H,23,27). The molecule has 1 atom stereocenters. The van der Waals surface area contributed by atoms with Crippen molar-refractivity contribution in [2.75, 3.05) is 11.4 Å². The van der Waals surface area contributed by atoms with E-state index in [0.717, 1.165) is 5.56 Å². The quantitative estimate of drug-likeness (QED) is 0.876. The van der Waals surface area contributed by atoms with Gasteiger partial charge in [0, 0.05) is 31.2 Å². The highest BCUT2D eigenvalue weighted by atomic mass is 19.1. The molecule has 0 bridgehead atoms. The predicted octanol–water partition coefficient (Wildman–Crippen LogP) is 3.55. The monoisotopic (exact) mass is 369 g/mol. The van der Waals surface area contributed by atoms with Crippen molar-refractivity contribution in [3.8, 4) is 0 Å². The average molecular weight is 369 g/mol. The molecule has 0 radical (unpaired) electrons. The molecular weight excluding hydrogens is 345 g/mol. The number of amides is 3. The van der Waals surface area contributed by atoms with Crippen molar-refractivity contribution >= 4 is 17.6 Å². The van der Waals surface area contributed by atoms with E-state index in [1.54, 1.807) is 21.9 Å². The van der Waals surface area contributed by atoms with Crippen molar-refractivity contribution in [2.45, 2.75) is 38.9 Å². The third-order valence-corrected chi connectivity index (χ3v) is 4.67. The Bertz CT molecular complexity index is 793. The minimum Gasteiger partial charge on any atom is -0.333 e. The molecule has 6 heteroatoms. The Kier molecular flexibility index (Phi) is 5.74. The lowest BCUT2D eigenvalue weighted by Gasteiger charge is -2.28. The highest BCUT2D eigenvalue weighted by Crippen LogP contribution is 2.22. The van der Waals surface area contributed by atoms with Gasteiger partial charge in [-0.3, -0.25) is 4.79 Å². The first-order valence-electron chi connectivity index (χ1n) is 9.11. The fourth-order valence-electron chi connectivity index (χ4n) is 3.20. The van der Waals surface area contributed by atoms with Gasteiger partial charge in [-0.15, -0.1) is 0 Å². The topological polar surface area (TPSA) is 52.7 Å². The Morgan fingerprint density at radius 1 is 1.19 bits per heavy atom. The molecule has 0 aliphatic carbocycles. The smallest absolute Gasteiger partial charge is 0.318 e. The number of halogens is 1. The molecule has 0 aromatic heterocycles. The van der Waals surface area contributed by atoms with Crippen LogP contribution in [0, 0.1) is 5.82 Å². The molecule has 1 aliphatic heterocycles. The Balaban J connectivity index is 1.64. The first kappa shape index (κ1) is 18.9. The number of carbonyl (C=O) groups excluding carboxylic acids is 2. The summed E-state index contributed by atoms with van der Waals surface area (Å²) in [6, 6.07) is 15.2. The maximum atomic E-state index is 13.1. The summed E-state index contributed by atoms with van der Waals surface area (Å²) < 4.78 is 13.1. The van der Waals surface area contributed by atoms with E-state index < -0.39 is 0 Å². The number of anilines is 1. The van der Waals surface area contributed by atoms with Crippen LogP contribution in [0.3, 0.4) is 0 Å². The highest BCUT2D eigenvalue weighted by Gasteiger charge is 2.32. The molecule has 3 rings (SSSR count). The number of hydrogen-bond acceptors (Lipinski definition) is 2. The average Bonchev–Trinajstić information content (AvgIpc) is 3.01. The Labute approximate surface area is 158 Å². The second-order valence-corrected chi connectivity index (χ2v) is 7.04. The molecule has 27 heavy (non-hydrogen) atoms. The van der Waals surface area contributed by atoms with E-state index in [9.17, 15) is 14.0 Å². The molecule has 5 nitrogen and oxygen atoms in total.